The van der Waals surface area contributed by atoms with Gasteiger partial charge in [-0.2, -0.15) is 12.6 Å². The average molecular weight is 148 g/mol. The molecule has 1 fully saturated rings. The van der Waals surface area contributed by atoms with E-state index < -0.39 is 0 Å². The van der Waals surface area contributed by atoms with Crippen LogP contribution >= 0.6 is 12.6 Å². The molecule has 1 saturated heterocycles. The Kier molecular flexibility index (Phi) is 3.40. The van der Waals surface area contributed by atoms with Crippen molar-refractivity contribution in [3.05, 3.63) is 0 Å². The standard InChI is InChI=1S/C6H12O2S/c9-5-8-6-3-1-2-4-7-6/h6,9H,1-5H2. The van der Waals surface area contributed by atoms with Crippen molar-refractivity contribution < 1.29 is 9.47 Å². The van der Waals surface area contributed by atoms with Crippen LogP contribution in [0.15, 0.2) is 0 Å². The summed E-state index contributed by atoms with van der Waals surface area (Å²) in [6.45, 7) is 0.846. The van der Waals surface area contributed by atoms with E-state index in [0.717, 1.165) is 13.0 Å². The molecule has 0 saturated carbocycles. The van der Waals surface area contributed by atoms with E-state index in [4.69, 9.17) is 9.47 Å². The molecule has 1 aliphatic heterocycles. The van der Waals surface area contributed by atoms with Crippen LogP contribution in [0.2, 0.25) is 0 Å². The summed E-state index contributed by atoms with van der Waals surface area (Å²) in [5.74, 6) is 0.463. The van der Waals surface area contributed by atoms with Crippen molar-refractivity contribution in [2.45, 2.75) is 25.6 Å². The zero-order valence-electron chi connectivity index (χ0n) is 5.38. The van der Waals surface area contributed by atoms with Gasteiger partial charge < -0.3 is 9.47 Å². The van der Waals surface area contributed by atoms with Crippen molar-refractivity contribution in [3.63, 3.8) is 0 Å². The average Bonchev–Trinajstić information content (AvgIpc) is 1.91. The number of hydrogen-bond donors (Lipinski definition) is 1. The summed E-state index contributed by atoms with van der Waals surface area (Å²) in [6.07, 6.45) is 3.45. The zero-order chi connectivity index (χ0) is 6.53. The van der Waals surface area contributed by atoms with Gasteiger partial charge in [-0.1, -0.05) is 0 Å². The lowest BCUT2D eigenvalue weighted by Crippen LogP contribution is -2.21. The van der Waals surface area contributed by atoms with Crippen LogP contribution in [0.5, 0.6) is 0 Å². The van der Waals surface area contributed by atoms with Gasteiger partial charge in [-0.25, -0.2) is 0 Å². The molecule has 1 heterocycles. The highest BCUT2D eigenvalue weighted by atomic mass is 32.1. The van der Waals surface area contributed by atoms with Crippen molar-refractivity contribution in [1.29, 1.82) is 0 Å². The Morgan fingerprint density at radius 3 is 3.00 bits per heavy atom. The Labute approximate surface area is 60.9 Å². The Morgan fingerprint density at radius 1 is 1.56 bits per heavy atom. The van der Waals surface area contributed by atoms with Crippen LogP contribution in [0.4, 0.5) is 0 Å². The van der Waals surface area contributed by atoms with Crippen molar-refractivity contribution >= 4 is 12.6 Å². The zero-order valence-corrected chi connectivity index (χ0v) is 6.27. The minimum absolute atomic E-state index is 0.0243. The number of rotatable bonds is 2. The van der Waals surface area contributed by atoms with E-state index in [1.165, 1.54) is 12.8 Å². The fraction of sp³-hybridized carbons (Fsp3) is 1.00. The molecule has 0 radical (unpaired) electrons. The highest BCUT2D eigenvalue weighted by Crippen LogP contribution is 2.13. The molecule has 1 aliphatic rings. The molecule has 0 amide bonds. The molecular weight excluding hydrogens is 136 g/mol. The third-order valence-electron chi connectivity index (χ3n) is 1.40. The number of hydrogen-bond acceptors (Lipinski definition) is 3. The summed E-state index contributed by atoms with van der Waals surface area (Å²) in [6, 6.07) is 0. The monoisotopic (exact) mass is 148 g/mol. The SMILES string of the molecule is SCOC1CCCCO1. The normalized spacial score (nSPS) is 28.3. The van der Waals surface area contributed by atoms with Crippen LogP contribution in [0.1, 0.15) is 19.3 Å². The molecule has 0 aliphatic carbocycles. The molecule has 9 heavy (non-hydrogen) atoms. The second kappa shape index (κ2) is 4.14. The summed E-state index contributed by atoms with van der Waals surface area (Å²) in [5, 5.41) is 0. The van der Waals surface area contributed by atoms with E-state index in [1.54, 1.807) is 0 Å². The topological polar surface area (TPSA) is 18.5 Å². The molecule has 1 atom stereocenters. The minimum atomic E-state index is 0.0243. The molecule has 1 unspecified atom stereocenters. The van der Waals surface area contributed by atoms with Gasteiger partial charge in [0.25, 0.3) is 0 Å². The molecule has 0 aromatic heterocycles. The van der Waals surface area contributed by atoms with E-state index in [9.17, 15) is 0 Å². The van der Waals surface area contributed by atoms with Gasteiger partial charge in [0.1, 0.15) is 0 Å². The lowest BCUT2D eigenvalue weighted by molar-refractivity contribution is -0.149. The van der Waals surface area contributed by atoms with Gasteiger partial charge in [0.15, 0.2) is 6.29 Å². The third kappa shape index (κ3) is 2.56. The summed E-state index contributed by atoms with van der Waals surface area (Å²) >= 11 is 3.93. The summed E-state index contributed by atoms with van der Waals surface area (Å²) < 4.78 is 10.4. The van der Waals surface area contributed by atoms with E-state index in [2.05, 4.69) is 12.6 Å². The largest absolute Gasteiger partial charge is 0.353 e. The van der Waals surface area contributed by atoms with Crippen molar-refractivity contribution in [3.8, 4) is 0 Å². The number of ether oxygens (including phenoxy) is 2. The Morgan fingerprint density at radius 2 is 2.44 bits per heavy atom. The maximum atomic E-state index is 5.25. The molecule has 1 rings (SSSR count). The van der Waals surface area contributed by atoms with Gasteiger partial charge >= 0.3 is 0 Å². The smallest absolute Gasteiger partial charge is 0.158 e. The van der Waals surface area contributed by atoms with Crippen LogP contribution in [0, 0.1) is 0 Å². The Balaban J connectivity index is 2.08. The lowest BCUT2D eigenvalue weighted by atomic mass is 10.2. The summed E-state index contributed by atoms with van der Waals surface area (Å²) in [7, 11) is 0. The van der Waals surface area contributed by atoms with Crippen molar-refractivity contribution in [1.82, 2.24) is 0 Å². The maximum Gasteiger partial charge on any atom is 0.158 e. The predicted molar refractivity (Wildman–Crippen MR) is 38.5 cm³/mol. The summed E-state index contributed by atoms with van der Waals surface area (Å²) in [5.41, 5.74) is 0. The highest BCUT2D eigenvalue weighted by molar-refractivity contribution is 7.80. The first-order chi connectivity index (χ1) is 4.43. The number of thiol groups is 1. The third-order valence-corrected chi connectivity index (χ3v) is 1.55. The van der Waals surface area contributed by atoms with Crippen molar-refractivity contribution in [2.75, 3.05) is 12.5 Å². The predicted octanol–water partition coefficient (Wildman–Crippen LogP) is 1.42. The second-order valence-electron chi connectivity index (χ2n) is 2.09. The van der Waals surface area contributed by atoms with Gasteiger partial charge in [-0.15, -0.1) is 0 Å². The first-order valence-electron chi connectivity index (χ1n) is 3.27. The van der Waals surface area contributed by atoms with Gasteiger partial charge in [0.05, 0.1) is 5.94 Å². The molecule has 0 aromatic rings. The van der Waals surface area contributed by atoms with Crippen LogP contribution in [-0.4, -0.2) is 18.8 Å². The highest BCUT2D eigenvalue weighted by Gasteiger charge is 2.12. The molecule has 0 spiro atoms. The van der Waals surface area contributed by atoms with Crippen LogP contribution < -0.4 is 0 Å². The van der Waals surface area contributed by atoms with E-state index >= 15 is 0 Å². The molecule has 3 heteroatoms. The first-order valence-corrected chi connectivity index (χ1v) is 3.91. The minimum Gasteiger partial charge on any atom is -0.353 e. The van der Waals surface area contributed by atoms with Crippen LogP contribution in [0.3, 0.4) is 0 Å². The fourth-order valence-electron chi connectivity index (χ4n) is 0.926. The van der Waals surface area contributed by atoms with E-state index in [-0.39, 0.29) is 6.29 Å². The lowest BCUT2D eigenvalue weighted by Gasteiger charge is -2.21. The van der Waals surface area contributed by atoms with E-state index in [1.807, 2.05) is 0 Å². The fourth-order valence-corrected chi connectivity index (χ4v) is 1.09. The molecule has 2 nitrogen and oxygen atoms in total. The van der Waals surface area contributed by atoms with Gasteiger partial charge in [0.2, 0.25) is 0 Å². The van der Waals surface area contributed by atoms with Crippen molar-refractivity contribution in [2.24, 2.45) is 0 Å². The van der Waals surface area contributed by atoms with Gasteiger partial charge in [0, 0.05) is 6.61 Å². The molecule has 0 N–H and O–H groups in total. The van der Waals surface area contributed by atoms with Gasteiger partial charge in [-0.05, 0) is 19.3 Å². The van der Waals surface area contributed by atoms with Crippen LogP contribution in [-0.2, 0) is 9.47 Å². The first kappa shape index (κ1) is 7.38. The summed E-state index contributed by atoms with van der Waals surface area (Å²) in [4.78, 5) is 0. The Bertz CT molecular complexity index is 68.7. The molecular formula is C6H12O2S. The van der Waals surface area contributed by atoms with Gasteiger partial charge in [-0.3, -0.25) is 0 Å². The molecule has 0 bridgehead atoms. The second-order valence-corrected chi connectivity index (χ2v) is 2.35. The molecule has 54 valence electrons. The Hall–Kier alpha value is 0.270. The van der Waals surface area contributed by atoms with Crippen LogP contribution in [0.25, 0.3) is 0 Å². The molecule has 0 aromatic carbocycles. The quantitative estimate of drug-likeness (QED) is 0.471. The maximum absolute atomic E-state index is 5.25. The van der Waals surface area contributed by atoms with E-state index in [0.29, 0.717) is 5.94 Å².